The highest BCUT2D eigenvalue weighted by atomic mass is 79.9. The number of hydrogen-bond donors (Lipinski definition) is 0. The zero-order valence-corrected chi connectivity index (χ0v) is 18.9. The Bertz CT molecular complexity index is 1040. The number of benzene rings is 2. The summed E-state index contributed by atoms with van der Waals surface area (Å²) in [7, 11) is 0. The van der Waals surface area contributed by atoms with Crippen LogP contribution < -0.4 is 4.90 Å². The summed E-state index contributed by atoms with van der Waals surface area (Å²) in [5.41, 5.74) is 3.22. The number of hydrogen-bond acceptors (Lipinski definition) is 2. The molecule has 30 heavy (non-hydrogen) atoms. The zero-order valence-electron chi connectivity index (χ0n) is 17.3. The molecule has 0 bridgehead atoms. The first-order valence-electron chi connectivity index (χ1n) is 11.2. The average molecular weight is 466 g/mol. The van der Waals surface area contributed by atoms with Gasteiger partial charge in [0.25, 0.3) is 0 Å². The summed E-state index contributed by atoms with van der Waals surface area (Å²) in [6, 6.07) is 16.4. The lowest BCUT2D eigenvalue weighted by atomic mass is 9.87. The number of amides is 1. The van der Waals surface area contributed by atoms with Crippen LogP contribution in [0.1, 0.15) is 56.7 Å². The van der Waals surface area contributed by atoms with E-state index in [-0.39, 0.29) is 11.8 Å². The van der Waals surface area contributed by atoms with Crippen molar-refractivity contribution in [3.8, 4) is 0 Å². The summed E-state index contributed by atoms with van der Waals surface area (Å²) in [5, 5.41) is 0. The van der Waals surface area contributed by atoms with Crippen molar-refractivity contribution in [3.05, 3.63) is 58.8 Å². The monoisotopic (exact) mass is 465 g/mol. The van der Waals surface area contributed by atoms with Crippen molar-refractivity contribution >= 4 is 38.6 Å². The van der Waals surface area contributed by atoms with E-state index in [1.807, 2.05) is 29.2 Å². The molecule has 156 valence electrons. The Balaban J connectivity index is 1.42. The highest BCUT2D eigenvalue weighted by molar-refractivity contribution is 9.10. The molecule has 2 aliphatic rings. The molecule has 5 heteroatoms. The minimum Gasteiger partial charge on any atom is -0.328 e. The van der Waals surface area contributed by atoms with E-state index in [4.69, 9.17) is 4.98 Å². The van der Waals surface area contributed by atoms with E-state index in [2.05, 4.69) is 44.8 Å². The van der Waals surface area contributed by atoms with Crippen molar-refractivity contribution in [2.24, 2.45) is 5.92 Å². The van der Waals surface area contributed by atoms with Gasteiger partial charge in [0.05, 0.1) is 11.0 Å². The third-order valence-corrected chi connectivity index (χ3v) is 7.33. The molecule has 1 saturated carbocycles. The maximum Gasteiger partial charge on any atom is 0.227 e. The number of nitrogens with zero attached hydrogens (tertiary/aromatic N) is 3. The summed E-state index contributed by atoms with van der Waals surface area (Å²) < 4.78 is 3.44. The van der Waals surface area contributed by atoms with Crippen LogP contribution in [-0.2, 0) is 11.3 Å². The van der Waals surface area contributed by atoms with Gasteiger partial charge in [-0.1, -0.05) is 60.2 Å². The number of aromatic nitrogens is 2. The molecule has 1 unspecified atom stereocenters. The van der Waals surface area contributed by atoms with E-state index in [0.717, 1.165) is 34.0 Å². The summed E-state index contributed by atoms with van der Waals surface area (Å²) in [4.78, 5) is 19.8. The van der Waals surface area contributed by atoms with Gasteiger partial charge in [0.15, 0.2) is 0 Å². The number of imidazole rings is 1. The van der Waals surface area contributed by atoms with Crippen LogP contribution in [0, 0.1) is 5.92 Å². The molecule has 0 radical (unpaired) electrons. The average Bonchev–Trinajstić information content (AvgIpc) is 3.34. The Morgan fingerprint density at radius 1 is 1.00 bits per heavy atom. The van der Waals surface area contributed by atoms with Crippen LogP contribution in [0.4, 0.5) is 5.69 Å². The first-order chi connectivity index (χ1) is 14.7. The second kappa shape index (κ2) is 8.54. The quantitative estimate of drug-likeness (QED) is 0.443. The predicted molar refractivity (Wildman–Crippen MR) is 125 cm³/mol. The molecule has 1 amide bonds. The number of carbonyl (C=O) groups excluding carboxylic acids is 1. The number of anilines is 1. The molecule has 5 rings (SSSR count). The number of carbonyl (C=O) groups is 1. The Labute approximate surface area is 186 Å². The van der Waals surface area contributed by atoms with E-state index < -0.39 is 0 Å². The Kier molecular flexibility index (Phi) is 5.64. The van der Waals surface area contributed by atoms with Crippen LogP contribution in [0.5, 0.6) is 0 Å². The van der Waals surface area contributed by atoms with Crippen molar-refractivity contribution in [2.75, 3.05) is 11.4 Å². The van der Waals surface area contributed by atoms with Gasteiger partial charge in [-0.25, -0.2) is 4.98 Å². The Morgan fingerprint density at radius 2 is 1.77 bits per heavy atom. The molecule has 2 fully saturated rings. The smallest absolute Gasteiger partial charge is 0.227 e. The normalized spacial score (nSPS) is 20.4. The van der Waals surface area contributed by atoms with E-state index >= 15 is 0 Å². The van der Waals surface area contributed by atoms with Crippen molar-refractivity contribution < 1.29 is 4.79 Å². The minimum atomic E-state index is 0.139. The molecule has 1 aliphatic carbocycles. The lowest BCUT2D eigenvalue weighted by molar-refractivity contribution is -0.117. The van der Waals surface area contributed by atoms with Crippen LogP contribution in [0.25, 0.3) is 11.0 Å². The molecule has 1 atom stereocenters. The lowest BCUT2D eigenvalue weighted by Crippen LogP contribution is -2.24. The fourth-order valence-corrected chi connectivity index (χ4v) is 5.44. The molecular weight excluding hydrogens is 438 g/mol. The van der Waals surface area contributed by atoms with Crippen LogP contribution in [-0.4, -0.2) is 22.0 Å². The molecule has 1 aliphatic heterocycles. The van der Waals surface area contributed by atoms with Gasteiger partial charge in [-0.2, -0.15) is 0 Å². The zero-order chi connectivity index (χ0) is 20.5. The summed E-state index contributed by atoms with van der Waals surface area (Å²) >= 11 is 3.48. The second-order valence-corrected chi connectivity index (χ2v) is 9.70. The summed E-state index contributed by atoms with van der Waals surface area (Å²) in [6.45, 7) is 1.71. The molecular formula is C25H28BrN3O. The molecule has 0 spiro atoms. The Morgan fingerprint density at radius 3 is 2.57 bits per heavy atom. The van der Waals surface area contributed by atoms with Gasteiger partial charge in [0.2, 0.25) is 5.91 Å². The maximum atomic E-state index is 12.9. The number of rotatable bonds is 5. The van der Waals surface area contributed by atoms with Crippen molar-refractivity contribution in [2.45, 2.75) is 57.4 Å². The second-order valence-electron chi connectivity index (χ2n) is 8.78. The predicted octanol–water partition coefficient (Wildman–Crippen LogP) is 6.29. The molecule has 3 aromatic rings. The SMILES string of the molecule is O=C1CC(c2nc3ccccc3n2CCC2CCCCC2)CN1c1ccc(Br)cc1. The molecule has 0 N–H and O–H groups in total. The number of fused-ring (bicyclic) bond motifs is 1. The van der Waals surface area contributed by atoms with Gasteiger partial charge in [-0.05, 0) is 48.7 Å². The summed E-state index contributed by atoms with van der Waals surface area (Å²) in [6.07, 6.45) is 8.62. The van der Waals surface area contributed by atoms with Gasteiger partial charge in [0.1, 0.15) is 5.82 Å². The van der Waals surface area contributed by atoms with Gasteiger partial charge >= 0.3 is 0 Å². The molecule has 2 heterocycles. The van der Waals surface area contributed by atoms with Crippen LogP contribution >= 0.6 is 15.9 Å². The van der Waals surface area contributed by atoms with Crippen molar-refractivity contribution in [1.29, 1.82) is 0 Å². The fourth-order valence-electron chi connectivity index (χ4n) is 5.18. The first kappa shape index (κ1) is 19.8. The standard InChI is InChI=1S/C25H28BrN3O/c26-20-10-12-21(13-11-20)29-17-19(16-24(29)30)25-27-22-8-4-5-9-23(22)28(25)15-14-18-6-2-1-3-7-18/h4-5,8-13,18-19H,1-3,6-7,14-17H2. The van der Waals surface area contributed by atoms with E-state index in [9.17, 15) is 4.79 Å². The number of para-hydroxylation sites is 2. The third-order valence-electron chi connectivity index (χ3n) is 6.80. The van der Waals surface area contributed by atoms with E-state index in [0.29, 0.717) is 13.0 Å². The minimum absolute atomic E-state index is 0.139. The molecule has 1 aromatic heterocycles. The van der Waals surface area contributed by atoms with Gasteiger partial charge < -0.3 is 9.47 Å². The number of aryl methyl sites for hydroxylation is 1. The van der Waals surface area contributed by atoms with Gasteiger partial charge in [0, 0.05) is 35.6 Å². The first-order valence-corrected chi connectivity index (χ1v) is 12.0. The molecule has 2 aromatic carbocycles. The highest BCUT2D eigenvalue weighted by Crippen LogP contribution is 2.34. The molecule has 1 saturated heterocycles. The van der Waals surface area contributed by atoms with Gasteiger partial charge in [-0.15, -0.1) is 0 Å². The third kappa shape index (κ3) is 3.92. The fraction of sp³-hybridized carbons (Fsp3) is 0.440. The molecule has 4 nitrogen and oxygen atoms in total. The van der Waals surface area contributed by atoms with Crippen molar-refractivity contribution in [3.63, 3.8) is 0 Å². The summed E-state index contributed by atoms with van der Waals surface area (Å²) in [5.74, 6) is 2.24. The topological polar surface area (TPSA) is 38.1 Å². The van der Waals surface area contributed by atoms with Crippen LogP contribution in [0.3, 0.4) is 0 Å². The van der Waals surface area contributed by atoms with Crippen molar-refractivity contribution in [1.82, 2.24) is 9.55 Å². The maximum absolute atomic E-state index is 12.9. The Hall–Kier alpha value is -2.14. The number of halogens is 1. The van der Waals surface area contributed by atoms with Crippen LogP contribution in [0.2, 0.25) is 0 Å². The largest absolute Gasteiger partial charge is 0.328 e. The van der Waals surface area contributed by atoms with Gasteiger partial charge in [-0.3, -0.25) is 4.79 Å². The van der Waals surface area contributed by atoms with Crippen LogP contribution in [0.15, 0.2) is 53.0 Å². The van der Waals surface area contributed by atoms with E-state index in [1.165, 1.54) is 44.0 Å². The van der Waals surface area contributed by atoms with E-state index in [1.54, 1.807) is 0 Å². The lowest BCUT2D eigenvalue weighted by Gasteiger charge is -2.23. The highest BCUT2D eigenvalue weighted by Gasteiger charge is 2.34.